The lowest BCUT2D eigenvalue weighted by atomic mass is 9.88. The average Bonchev–Trinajstić information content (AvgIpc) is 2.76. The third kappa shape index (κ3) is 4.05. The first kappa shape index (κ1) is 20.8. The number of carbonyl (C=O) groups excluding carboxylic acids is 2. The molecule has 1 unspecified atom stereocenters. The Bertz CT molecular complexity index is 966. The van der Waals surface area contributed by atoms with Gasteiger partial charge in [-0.15, -0.1) is 0 Å². The molecule has 1 saturated heterocycles. The van der Waals surface area contributed by atoms with Crippen LogP contribution in [0.25, 0.3) is 0 Å². The molecule has 2 aliphatic rings. The van der Waals surface area contributed by atoms with Gasteiger partial charge in [0.15, 0.2) is 0 Å². The minimum Gasteiger partial charge on any atom is -0.303 e. The summed E-state index contributed by atoms with van der Waals surface area (Å²) >= 11 is 6.32. The molecule has 0 radical (unpaired) electrons. The summed E-state index contributed by atoms with van der Waals surface area (Å²) in [7, 11) is 0. The molecule has 0 spiro atoms. The third-order valence-corrected chi connectivity index (χ3v) is 6.17. The largest absolute Gasteiger partial charge is 0.303 e. The van der Waals surface area contributed by atoms with Crippen LogP contribution in [0.2, 0.25) is 5.02 Å². The second kappa shape index (κ2) is 9.11. The summed E-state index contributed by atoms with van der Waals surface area (Å²) < 4.78 is 0. The van der Waals surface area contributed by atoms with Gasteiger partial charge in [0.25, 0.3) is 5.91 Å². The number of imide groups is 1. The van der Waals surface area contributed by atoms with E-state index >= 15 is 0 Å². The Morgan fingerprint density at radius 3 is 2.50 bits per heavy atom. The van der Waals surface area contributed by atoms with E-state index in [1.807, 2.05) is 18.2 Å². The number of nitrogens with zero attached hydrogens (tertiary/aromatic N) is 3. The fraction of sp³-hybridized carbons (Fsp3) is 0.375. The quantitative estimate of drug-likeness (QED) is 0.523. The molecule has 6 heteroatoms. The molecule has 0 saturated carbocycles. The highest BCUT2D eigenvalue weighted by Gasteiger charge is 2.39. The summed E-state index contributed by atoms with van der Waals surface area (Å²) in [6, 6.07) is 14.4. The molecule has 0 aromatic heterocycles. The lowest BCUT2D eigenvalue weighted by Crippen LogP contribution is -2.45. The van der Waals surface area contributed by atoms with Gasteiger partial charge in [-0.05, 0) is 49.6 Å². The van der Waals surface area contributed by atoms with Crippen molar-refractivity contribution in [2.75, 3.05) is 24.5 Å². The smallest absolute Gasteiger partial charge is 0.265 e. The minimum absolute atomic E-state index is 0.212. The second-order valence-electron chi connectivity index (χ2n) is 7.87. The first-order valence-corrected chi connectivity index (χ1v) is 11.0. The number of likely N-dealkylation sites (tertiary alicyclic amines) is 1. The maximum Gasteiger partial charge on any atom is 0.265 e. The van der Waals surface area contributed by atoms with Gasteiger partial charge in [0, 0.05) is 24.9 Å². The number of fused-ring (bicyclic) bond motifs is 1. The van der Waals surface area contributed by atoms with Crippen LogP contribution in [-0.4, -0.2) is 48.6 Å². The first-order chi connectivity index (χ1) is 14.6. The molecule has 0 aliphatic carbocycles. The summed E-state index contributed by atoms with van der Waals surface area (Å²) in [6.07, 6.45) is 4.89. The van der Waals surface area contributed by atoms with E-state index in [9.17, 15) is 9.59 Å². The highest BCUT2D eigenvalue weighted by molar-refractivity contribution is 6.37. The van der Waals surface area contributed by atoms with Gasteiger partial charge in [0.2, 0.25) is 5.91 Å². The Morgan fingerprint density at radius 2 is 1.77 bits per heavy atom. The molecule has 30 heavy (non-hydrogen) atoms. The van der Waals surface area contributed by atoms with E-state index in [0.717, 1.165) is 38.9 Å². The van der Waals surface area contributed by atoms with E-state index in [2.05, 4.69) is 11.8 Å². The monoisotopic (exact) mass is 423 g/mol. The van der Waals surface area contributed by atoms with E-state index in [1.165, 1.54) is 4.90 Å². The zero-order valence-electron chi connectivity index (χ0n) is 17.1. The van der Waals surface area contributed by atoms with Crippen LogP contribution in [0.5, 0.6) is 0 Å². The van der Waals surface area contributed by atoms with Gasteiger partial charge in [-0.2, -0.15) is 0 Å². The predicted octanol–water partition coefficient (Wildman–Crippen LogP) is 4.56. The van der Waals surface area contributed by atoms with Crippen LogP contribution in [0.4, 0.5) is 5.69 Å². The molecule has 2 aromatic carbocycles. The van der Waals surface area contributed by atoms with Crippen molar-refractivity contribution in [1.29, 1.82) is 0 Å². The SMILES string of the molecule is CCCN1CCC(N=CC2C(=O)N(c3ccccc3Cl)C(=O)c3ccccc32)CC1. The number of carbonyl (C=O) groups is 2. The summed E-state index contributed by atoms with van der Waals surface area (Å²) in [5, 5.41) is 0.373. The Hall–Kier alpha value is -2.50. The second-order valence-corrected chi connectivity index (χ2v) is 8.27. The number of anilines is 1. The molecule has 1 atom stereocenters. The maximum absolute atomic E-state index is 13.4. The predicted molar refractivity (Wildman–Crippen MR) is 121 cm³/mol. The molecule has 2 aliphatic heterocycles. The number of rotatable bonds is 5. The van der Waals surface area contributed by atoms with Crippen LogP contribution in [0, 0.1) is 0 Å². The van der Waals surface area contributed by atoms with E-state index < -0.39 is 5.92 Å². The Morgan fingerprint density at radius 1 is 1.07 bits per heavy atom. The molecule has 4 rings (SSSR count). The van der Waals surface area contributed by atoms with Crippen LogP contribution in [0.3, 0.4) is 0 Å². The van der Waals surface area contributed by atoms with Crippen molar-refractivity contribution >= 4 is 35.3 Å². The molecular weight excluding hydrogens is 398 g/mol. The van der Waals surface area contributed by atoms with Crippen molar-refractivity contribution in [1.82, 2.24) is 4.90 Å². The molecule has 0 bridgehead atoms. The minimum atomic E-state index is -0.594. The van der Waals surface area contributed by atoms with Gasteiger partial charge in [-0.25, -0.2) is 4.90 Å². The lowest BCUT2D eigenvalue weighted by Gasteiger charge is -2.32. The van der Waals surface area contributed by atoms with E-state index in [4.69, 9.17) is 16.6 Å². The summed E-state index contributed by atoms with van der Waals surface area (Å²) in [4.78, 5) is 35.0. The van der Waals surface area contributed by atoms with Crippen molar-refractivity contribution in [2.24, 2.45) is 4.99 Å². The number of amides is 2. The van der Waals surface area contributed by atoms with E-state index in [1.54, 1.807) is 36.5 Å². The topological polar surface area (TPSA) is 53.0 Å². The highest BCUT2D eigenvalue weighted by atomic mass is 35.5. The Balaban J connectivity index is 1.62. The van der Waals surface area contributed by atoms with E-state index in [-0.39, 0.29) is 17.9 Å². The maximum atomic E-state index is 13.4. The zero-order valence-corrected chi connectivity index (χ0v) is 17.9. The number of halogens is 1. The van der Waals surface area contributed by atoms with Gasteiger partial charge in [-0.1, -0.05) is 48.9 Å². The fourth-order valence-electron chi connectivity index (χ4n) is 4.28. The number of para-hydroxylation sites is 1. The molecule has 0 N–H and O–H groups in total. The molecule has 2 heterocycles. The van der Waals surface area contributed by atoms with Crippen molar-refractivity contribution < 1.29 is 9.59 Å². The van der Waals surface area contributed by atoms with Gasteiger partial charge < -0.3 is 4.90 Å². The van der Waals surface area contributed by atoms with Gasteiger partial charge in [0.1, 0.15) is 0 Å². The normalized spacial score (nSPS) is 20.7. The zero-order chi connectivity index (χ0) is 21.1. The number of piperidine rings is 1. The van der Waals surface area contributed by atoms with Crippen LogP contribution in [0.15, 0.2) is 53.5 Å². The Kier molecular flexibility index (Phi) is 6.30. The first-order valence-electron chi connectivity index (χ1n) is 10.6. The molecule has 5 nitrogen and oxygen atoms in total. The Labute approximate surface area is 182 Å². The number of aliphatic imine (C=N–C) groups is 1. The van der Waals surface area contributed by atoms with Crippen molar-refractivity contribution in [3.63, 3.8) is 0 Å². The van der Waals surface area contributed by atoms with Crippen molar-refractivity contribution in [2.45, 2.75) is 38.1 Å². The molecule has 2 amide bonds. The molecule has 1 fully saturated rings. The standard InChI is InChI=1S/C24H26ClN3O2/c1-2-13-27-14-11-17(12-15-27)26-16-20-18-7-3-4-8-19(18)23(29)28(24(20)30)22-10-6-5-9-21(22)25/h3-10,16-17,20H,2,11-15H2,1H3. The third-order valence-electron chi connectivity index (χ3n) is 5.85. The van der Waals surface area contributed by atoms with Crippen LogP contribution < -0.4 is 4.90 Å². The molecule has 2 aromatic rings. The van der Waals surface area contributed by atoms with Crippen molar-refractivity contribution in [3.05, 3.63) is 64.7 Å². The number of hydrogen-bond donors (Lipinski definition) is 0. The summed E-state index contributed by atoms with van der Waals surface area (Å²) in [6.45, 7) is 5.40. The van der Waals surface area contributed by atoms with Gasteiger partial charge in [0.05, 0.1) is 22.7 Å². The van der Waals surface area contributed by atoms with Crippen molar-refractivity contribution in [3.8, 4) is 0 Å². The van der Waals surface area contributed by atoms with Crippen LogP contribution in [0.1, 0.15) is 48.0 Å². The van der Waals surface area contributed by atoms with Gasteiger partial charge >= 0.3 is 0 Å². The van der Waals surface area contributed by atoms with Crippen LogP contribution >= 0.6 is 11.6 Å². The summed E-state index contributed by atoms with van der Waals surface area (Å²) in [5.74, 6) is -1.25. The molecular formula is C24H26ClN3O2. The average molecular weight is 424 g/mol. The van der Waals surface area contributed by atoms with Crippen LogP contribution in [-0.2, 0) is 4.79 Å². The van der Waals surface area contributed by atoms with E-state index in [0.29, 0.717) is 21.8 Å². The number of hydrogen-bond acceptors (Lipinski definition) is 4. The van der Waals surface area contributed by atoms with Gasteiger partial charge in [-0.3, -0.25) is 14.6 Å². The number of benzene rings is 2. The molecule has 156 valence electrons. The summed E-state index contributed by atoms with van der Waals surface area (Å²) in [5.41, 5.74) is 1.64. The lowest BCUT2D eigenvalue weighted by molar-refractivity contribution is -0.118. The highest BCUT2D eigenvalue weighted by Crippen LogP contribution is 2.35. The fourth-order valence-corrected chi connectivity index (χ4v) is 4.50.